The molecule has 0 aliphatic heterocycles. The van der Waals surface area contributed by atoms with Gasteiger partial charge in [-0.15, -0.1) is 0 Å². The monoisotopic (exact) mass is 424 g/mol. The maximum absolute atomic E-state index is 11.6. The highest BCUT2D eigenvalue weighted by atomic mass is 32.1. The van der Waals surface area contributed by atoms with Gasteiger partial charge >= 0.3 is 10.0 Å². The molecule has 0 saturated heterocycles. The fraction of sp³-hybridized carbons (Fsp3) is 0.143. The molecule has 0 aliphatic rings. The molecular formula is C14H12N6O6S2. The lowest BCUT2D eigenvalue weighted by molar-refractivity contribution is -0.380. The highest BCUT2D eigenvalue weighted by Crippen LogP contribution is 2.22. The molecule has 2 heterocycles. The van der Waals surface area contributed by atoms with Crippen molar-refractivity contribution in [1.82, 2.24) is 10.9 Å². The Hall–Kier alpha value is -3.52. The third kappa shape index (κ3) is 6.65. The first-order valence-electron chi connectivity index (χ1n) is 7.47. The van der Waals surface area contributed by atoms with Crippen LogP contribution in [0.4, 0.5) is 10.0 Å². The summed E-state index contributed by atoms with van der Waals surface area (Å²) in [4.78, 5) is 44.3. The third-order valence-electron chi connectivity index (χ3n) is 2.93. The van der Waals surface area contributed by atoms with Gasteiger partial charge in [0.25, 0.3) is 0 Å². The lowest BCUT2D eigenvalue weighted by Crippen LogP contribution is -2.22. The van der Waals surface area contributed by atoms with Gasteiger partial charge in [-0.25, -0.2) is 10.9 Å². The van der Waals surface area contributed by atoms with Gasteiger partial charge in [-0.3, -0.25) is 29.8 Å². The van der Waals surface area contributed by atoms with Gasteiger partial charge in [-0.05, 0) is 12.1 Å². The lowest BCUT2D eigenvalue weighted by Gasteiger charge is -1.99. The number of hydrogen-bond donors (Lipinski definition) is 2. The van der Waals surface area contributed by atoms with E-state index >= 15 is 0 Å². The van der Waals surface area contributed by atoms with E-state index in [2.05, 4.69) is 21.1 Å². The van der Waals surface area contributed by atoms with Crippen LogP contribution in [0.5, 0.6) is 0 Å². The molecule has 28 heavy (non-hydrogen) atoms. The summed E-state index contributed by atoms with van der Waals surface area (Å²) >= 11 is 1.81. The SMILES string of the molecule is O=C(CCC(=O)NN=Cc1ccc([N+](=O)[O-])s1)NN=Cc1ccc([N+](=O)[O-])s1. The lowest BCUT2D eigenvalue weighted by atomic mass is 10.3. The molecule has 2 aromatic rings. The van der Waals surface area contributed by atoms with Crippen LogP contribution in [0.25, 0.3) is 0 Å². The van der Waals surface area contributed by atoms with Crippen molar-refractivity contribution in [3.05, 3.63) is 54.2 Å². The molecule has 14 heteroatoms. The smallest absolute Gasteiger partial charge is 0.273 e. The average Bonchev–Trinajstić information content (AvgIpc) is 3.30. The van der Waals surface area contributed by atoms with Gasteiger partial charge in [-0.2, -0.15) is 10.2 Å². The molecule has 0 spiro atoms. The fourth-order valence-electron chi connectivity index (χ4n) is 1.69. The van der Waals surface area contributed by atoms with Crippen molar-refractivity contribution < 1.29 is 19.4 Å². The van der Waals surface area contributed by atoms with Gasteiger partial charge in [0.1, 0.15) is 0 Å². The Bertz CT molecular complexity index is 874. The van der Waals surface area contributed by atoms with E-state index in [1.54, 1.807) is 0 Å². The number of nitrogens with one attached hydrogen (secondary N) is 2. The predicted molar refractivity (Wildman–Crippen MR) is 103 cm³/mol. The topological polar surface area (TPSA) is 169 Å². The van der Waals surface area contributed by atoms with Gasteiger partial charge in [0.2, 0.25) is 11.8 Å². The molecule has 0 aliphatic carbocycles. The van der Waals surface area contributed by atoms with Crippen LogP contribution in [0.1, 0.15) is 22.6 Å². The quantitative estimate of drug-likeness (QED) is 0.354. The van der Waals surface area contributed by atoms with E-state index in [0.29, 0.717) is 9.75 Å². The van der Waals surface area contributed by atoms with Crippen molar-refractivity contribution in [2.45, 2.75) is 12.8 Å². The van der Waals surface area contributed by atoms with Crippen LogP contribution < -0.4 is 10.9 Å². The molecule has 2 rings (SSSR count). The minimum atomic E-state index is -0.526. The number of carbonyl (C=O) groups is 2. The number of rotatable bonds is 9. The number of hydrogen-bond acceptors (Lipinski definition) is 10. The Kier molecular flexibility index (Phi) is 7.41. The highest BCUT2D eigenvalue weighted by Gasteiger charge is 2.10. The van der Waals surface area contributed by atoms with E-state index in [1.807, 2.05) is 0 Å². The Balaban J connectivity index is 1.69. The molecule has 0 atom stereocenters. The number of hydrazone groups is 2. The molecule has 2 N–H and O–H groups in total. The first-order valence-corrected chi connectivity index (χ1v) is 9.10. The normalized spacial score (nSPS) is 11.0. The zero-order valence-electron chi connectivity index (χ0n) is 13.9. The molecule has 12 nitrogen and oxygen atoms in total. The van der Waals surface area contributed by atoms with Crippen molar-refractivity contribution in [3.63, 3.8) is 0 Å². The van der Waals surface area contributed by atoms with Crippen LogP contribution in [-0.4, -0.2) is 34.1 Å². The predicted octanol–water partition coefficient (Wildman–Crippen LogP) is 2.01. The first kappa shape index (κ1) is 20.8. The largest absolute Gasteiger partial charge is 0.324 e. The summed E-state index contributed by atoms with van der Waals surface area (Å²) in [6, 6.07) is 5.64. The Morgan fingerprint density at radius 2 is 1.25 bits per heavy atom. The fourth-order valence-corrected chi connectivity index (χ4v) is 3.08. The number of nitro groups is 2. The van der Waals surface area contributed by atoms with E-state index in [-0.39, 0.29) is 22.8 Å². The second kappa shape index (κ2) is 9.98. The zero-order valence-corrected chi connectivity index (χ0v) is 15.6. The van der Waals surface area contributed by atoms with Crippen LogP contribution in [0.2, 0.25) is 0 Å². The summed E-state index contributed by atoms with van der Waals surface area (Å²) in [5.74, 6) is -1.04. The summed E-state index contributed by atoms with van der Waals surface area (Å²) in [6.07, 6.45) is 2.24. The number of thiophene rings is 2. The zero-order chi connectivity index (χ0) is 20.5. The highest BCUT2D eigenvalue weighted by molar-refractivity contribution is 7.17. The van der Waals surface area contributed by atoms with Crippen molar-refractivity contribution in [2.75, 3.05) is 0 Å². The molecular weight excluding hydrogens is 412 g/mol. The van der Waals surface area contributed by atoms with Crippen molar-refractivity contribution in [1.29, 1.82) is 0 Å². The van der Waals surface area contributed by atoms with Crippen LogP contribution >= 0.6 is 22.7 Å². The number of nitrogens with zero attached hydrogens (tertiary/aromatic N) is 4. The molecule has 2 aromatic heterocycles. The van der Waals surface area contributed by atoms with Gasteiger partial charge in [0.15, 0.2) is 0 Å². The van der Waals surface area contributed by atoms with Gasteiger partial charge in [0.05, 0.1) is 32.0 Å². The van der Waals surface area contributed by atoms with Crippen LogP contribution in [-0.2, 0) is 9.59 Å². The molecule has 146 valence electrons. The standard InChI is InChI=1S/C14H12N6O6S2/c21-11(17-15-7-9-1-5-13(27-9)19(23)24)3-4-12(22)18-16-8-10-2-6-14(28-10)20(25)26/h1-2,5-8H,3-4H2,(H,17,21)(H,18,22). The summed E-state index contributed by atoms with van der Waals surface area (Å²) < 4.78 is 0. The van der Waals surface area contributed by atoms with Gasteiger partial charge in [0, 0.05) is 25.0 Å². The summed E-state index contributed by atoms with van der Waals surface area (Å²) in [5.41, 5.74) is 4.41. The summed E-state index contributed by atoms with van der Waals surface area (Å²) in [7, 11) is 0. The van der Waals surface area contributed by atoms with Crippen LogP contribution in [0.3, 0.4) is 0 Å². The molecule has 0 bridgehead atoms. The summed E-state index contributed by atoms with van der Waals surface area (Å²) in [5, 5.41) is 28.4. The van der Waals surface area contributed by atoms with E-state index < -0.39 is 21.7 Å². The number of carbonyl (C=O) groups excluding carboxylic acids is 2. The molecule has 0 radical (unpaired) electrons. The summed E-state index contributed by atoms with van der Waals surface area (Å²) in [6.45, 7) is 0. The maximum atomic E-state index is 11.6. The molecule has 0 aromatic carbocycles. The van der Waals surface area contributed by atoms with E-state index in [9.17, 15) is 29.8 Å². The van der Waals surface area contributed by atoms with Gasteiger partial charge in [-0.1, -0.05) is 22.7 Å². The van der Waals surface area contributed by atoms with Crippen molar-refractivity contribution in [2.24, 2.45) is 10.2 Å². The van der Waals surface area contributed by atoms with Crippen molar-refractivity contribution >= 4 is 56.9 Å². The molecule has 0 unspecified atom stereocenters. The molecule has 0 fully saturated rings. The Morgan fingerprint density at radius 3 is 1.57 bits per heavy atom. The Morgan fingerprint density at radius 1 is 0.857 bits per heavy atom. The van der Waals surface area contributed by atoms with Crippen LogP contribution in [0.15, 0.2) is 34.5 Å². The van der Waals surface area contributed by atoms with E-state index in [4.69, 9.17) is 0 Å². The minimum absolute atomic E-state index is 0.0397. The molecule has 0 saturated carbocycles. The third-order valence-corrected chi connectivity index (χ3v) is 4.87. The second-order valence-corrected chi connectivity index (χ2v) is 7.14. The van der Waals surface area contributed by atoms with E-state index in [1.165, 1.54) is 36.7 Å². The average molecular weight is 424 g/mol. The van der Waals surface area contributed by atoms with E-state index in [0.717, 1.165) is 22.7 Å². The van der Waals surface area contributed by atoms with Crippen LogP contribution in [0, 0.1) is 20.2 Å². The molecule has 2 amide bonds. The maximum Gasteiger partial charge on any atom is 0.324 e. The number of amides is 2. The second-order valence-electron chi connectivity index (χ2n) is 4.95. The first-order chi connectivity index (χ1) is 13.3. The van der Waals surface area contributed by atoms with Crippen molar-refractivity contribution in [3.8, 4) is 0 Å². The Labute approximate surface area is 164 Å². The minimum Gasteiger partial charge on any atom is -0.273 e. The van der Waals surface area contributed by atoms with Gasteiger partial charge < -0.3 is 0 Å².